The molecule has 1 aliphatic carbocycles. The molecule has 2 amide bonds. The van der Waals surface area contributed by atoms with Crippen LogP contribution in [-0.4, -0.2) is 47.3 Å². The van der Waals surface area contributed by atoms with Crippen LogP contribution >= 0.6 is 0 Å². The van der Waals surface area contributed by atoms with E-state index < -0.39 is 0 Å². The van der Waals surface area contributed by atoms with Gasteiger partial charge in [-0.1, -0.05) is 31.0 Å². The maximum Gasteiger partial charge on any atom is 0.317 e. The van der Waals surface area contributed by atoms with Gasteiger partial charge in [0.05, 0.1) is 6.10 Å². The third-order valence-electron chi connectivity index (χ3n) is 5.40. The number of carbonyl (C=O) groups excluding carboxylic acids is 1. The van der Waals surface area contributed by atoms with Gasteiger partial charge in [-0.2, -0.15) is 0 Å². The number of urea groups is 1. The van der Waals surface area contributed by atoms with Gasteiger partial charge in [-0.25, -0.2) is 4.79 Å². The van der Waals surface area contributed by atoms with Gasteiger partial charge in [-0.05, 0) is 37.8 Å². The van der Waals surface area contributed by atoms with Gasteiger partial charge >= 0.3 is 6.03 Å². The lowest BCUT2D eigenvalue weighted by atomic mass is 9.86. The zero-order chi connectivity index (χ0) is 17.8. The molecule has 3 rings (SSSR count). The van der Waals surface area contributed by atoms with Crippen molar-refractivity contribution in [1.82, 2.24) is 15.2 Å². The normalized spacial score (nSPS) is 20.6. The first-order chi connectivity index (χ1) is 12.1. The Hall–Kier alpha value is -2.01. The number of aliphatic hydroxyl groups excluding tert-OH is 1. The summed E-state index contributed by atoms with van der Waals surface area (Å²) in [7, 11) is 1.81. The highest BCUT2D eigenvalue weighted by Crippen LogP contribution is 2.25. The third kappa shape index (κ3) is 4.15. The van der Waals surface area contributed by atoms with Crippen molar-refractivity contribution in [2.45, 2.75) is 45.1 Å². The Bertz CT molecular complexity index is 725. The smallest absolute Gasteiger partial charge is 0.317 e. The van der Waals surface area contributed by atoms with Gasteiger partial charge in [0.15, 0.2) is 0 Å². The zero-order valence-electron chi connectivity index (χ0n) is 15.2. The van der Waals surface area contributed by atoms with Crippen LogP contribution in [0.3, 0.4) is 0 Å². The zero-order valence-corrected chi connectivity index (χ0v) is 15.2. The topological polar surface area (TPSA) is 68.4 Å². The number of nitrogens with one attached hydrogen (secondary N) is 2. The highest BCUT2D eigenvalue weighted by Gasteiger charge is 2.25. The molecule has 25 heavy (non-hydrogen) atoms. The number of para-hydroxylation sites is 1. The van der Waals surface area contributed by atoms with E-state index >= 15 is 0 Å². The number of aryl methyl sites for hydroxylation is 1. The summed E-state index contributed by atoms with van der Waals surface area (Å²) < 4.78 is 0. The Morgan fingerprint density at radius 1 is 1.32 bits per heavy atom. The summed E-state index contributed by atoms with van der Waals surface area (Å²) in [6.45, 7) is 3.31. The summed E-state index contributed by atoms with van der Waals surface area (Å²) in [4.78, 5) is 17.4. The summed E-state index contributed by atoms with van der Waals surface area (Å²) >= 11 is 0. The van der Waals surface area contributed by atoms with Gasteiger partial charge in [0, 0.05) is 42.7 Å². The molecule has 1 aromatic carbocycles. The minimum Gasteiger partial charge on any atom is -0.393 e. The number of rotatable bonds is 5. The fourth-order valence-electron chi connectivity index (χ4n) is 3.92. The van der Waals surface area contributed by atoms with E-state index in [1.54, 1.807) is 4.90 Å². The standard InChI is InChI=1S/C20H29N3O2/c1-14-16(17-8-4-5-9-18(17)22-14)11-12-21-20(25)23(2)13-15-7-3-6-10-19(15)24/h4-5,8-9,15,19,22,24H,3,6-7,10-13H2,1-2H3,(H,21,25). The first-order valence-corrected chi connectivity index (χ1v) is 9.29. The quantitative estimate of drug-likeness (QED) is 0.780. The number of carbonyl (C=O) groups is 1. The van der Waals surface area contributed by atoms with Crippen LogP contribution in [0.1, 0.15) is 36.9 Å². The van der Waals surface area contributed by atoms with Crippen molar-refractivity contribution in [2.24, 2.45) is 5.92 Å². The fourth-order valence-corrected chi connectivity index (χ4v) is 3.92. The average molecular weight is 343 g/mol. The van der Waals surface area contributed by atoms with Gasteiger partial charge in [-0.3, -0.25) is 0 Å². The molecule has 5 nitrogen and oxygen atoms in total. The number of aliphatic hydroxyl groups is 1. The van der Waals surface area contributed by atoms with Gasteiger partial charge in [0.2, 0.25) is 0 Å². The molecule has 1 aromatic heterocycles. The number of aromatic nitrogens is 1. The number of aromatic amines is 1. The molecule has 2 unspecified atom stereocenters. The first kappa shape index (κ1) is 17.8. The third-order valence-corrected chi connectivity index (χ3v) is 5.40. The van der Waals surface area contributed by atoms with Crippen LogP contribution in [0.15, 0.2) is 24.3 Å². The lowest BCUT2D eigenvalue weighted by molar-refractivity contribution is 0.0565. The largest absolute Gasteiger partial charge is 0.393 e. The summed E-state index contributed by atoms with van der Waals surface area (Å²) in [5, 5.41) is 14.3. The lowest BCUT2D eigenvalue weighted by Gasteiger charge is -2.31. The van der Waals surface area contributed by atoms with E-state index in [1.807, 2.05) is 19.2 Å². The molecule has 1 aliphatic rings. The van der Waals surface area contributed by atoms with Crippen LogP contribution in [0.4, 0.5) is 4.79 Å². The number of nitrogens with zero attached hydrogens (tertiary/aromatic N) is 1. The molecule has 5 heteroatoms. The van der Waals surface area contributed by atoms with E-state index in [2.05, 4.69) is 29.4 Å². The SMILES string of the molecule is Cc1[nH]c2ccccc2c1CCNC(=O)N(C)CC1CCCCC1O. The Morgan fingerprint density at radius 3 is 2.88 bits per heavy atom. The predicted molar refractivity (Wildman–Crippen MR) is 101 cm³/mol. The summed E-state index contributed by atoms with van der Waals surface area (Å²) in [6.07, 6.45) is 4.65. The van der Waals surface area contributed by atoms with E-state index in [1.165, 1.54) is 10.9 Å². The number of hydrogen-bond acceptors (Lipinski definition) is 2. The number of H-pyrrole nitrogens is 1. The first-order valence-electron chi connectivity index (χ1n) is 9.29. The average Bonchev–Trinajstić information content (AvgIpc) is 2.92. The molecular weight excluding hydrogens is 314 g/mol. The number of hydrogen-bond donors (Lipinski definition) is 3. The molecule has 0 spiro atoms. The van der Waals surface area contributed by atoms with Crippen molar-refractivity contribution in [3.8, 4) is 0 Å². The van der Waals surface area contributed by atoms with E-state index in [0.29, 0.717) is 13.1 Å². The van der Waals surface area contributed by atoms with E-state index in [4.69, 9.17) is 0 Å². The second-order valence-electron chi connectivity index (χ2n) is 7.25. The molecule has 0 bridgehead atoms. The maximum absolute atomic E-state index is 12.3. The second-order valence-corrected chi connectivity index (χ2v) is 7.25. The van der Waals surface area contributed by atoms with E-state index in [0.717, 1.165) is 43.3 Å². The minimum absolute atomic E-state index is 0.0599. The highest BCUT2D eigenvalue weighted by atomic mass is 16.3. The molecule has 1 fully saturated rings. The number of benzene rings is 1. The summed E-state index contributed by atoms with van der Waals surface area (Å²) in [5.41, 5.74) is 3.57. The van der Waals surface area contributed by atoms with Crippen LogP contribution < -0.4 is 5.32 Å². The fraction of sp³-hybridized carbons (Fsp3) is 0.550. The Balaban J connectivity index is 1.51. The van der Waals surface area contributed by atoms with Crippen molar-refractivity contribution < 1.29 is 9.90 Å². The highest BCUT2D eigenvalue weighted by molar-refractivity contribution is 5.84. The molecule has 2 atom stereocenters. The van der Waals surface area contributed by atoms with Gasteiger partial charge < -0.3 is 20.3 Å². The maximum atomic E-state index is 12.3. The minimum atomic E-state index is -0.266. The van der Waals surface area contributed by atoms with Gasteiger partial charge in [0.1, 0.15) is 0 Å². The Labute approximate surface area is 149 Å². The monoisotopic (exact) mass is 343 g/mol. The Morgan fingerprint density at radius 2 is 2.08 bits per heavy atom. The molecule has 3 N–H and O–H groups in total. The molecule has 1 heterocycles. The second kappa shape index (κ2) is 7.91. The molecule has 2 aromatic rings. The summed E-state index contributed by atoms with van der Waals surface area (Å²) in [6, 6.07) is 8.20. The van der Waals surface area contributed by atoms with Gasteiger partial charge in [0.25, 0.3) is 0 Å². The molecule has 0 aliphatic heterocycles. The van der Waals surface area contributed by atoms with Crippen molar-refractivity contribution in [2.75, 3.05) is 20.1 Å². The Kier molecular flexibility index (Phi) is 5.63. The van der Waals surface area contributed by atoms with Crippen LogP contribution in [0.2, 0.25) is 0 Å². The van der Waals surface area contributed by atoms with Crippen LogP contribution in [0, 0.1) is 12.8 Å². The number of fused-ring (bicyclic) bond motifs is 1. The van der Waals surface area contributed by atoms with Crippen molar-refractivity contribution >= 4 is 16.9 Å². The molecular formula is C20H29N3O2. The molecule has 136 valence electrons. The molecule has 0 saturated heterocycles. The van der Waals surface area contributed by atoms with Crippen molar-refractivity contribution in [3.05, 3.63) is 35.5 Å². The molecule has 0 radical (unpaired) electrons. The van der Waals surface area contributed by atoms with E-state index in [-0.39, 0.29) is 18.1 Å². The van der Waals surface area contributed by atoms with Gasteiger partial charge in [-0.15, -0.1) is 0 Å². The molecule has 1 saturated carbocycles. The van der Waals surface area contributed by atoms with E-state index in [9.17, 15) is 9.90 Å². The van der Waals surface area contributed by atoms with Crippen molar-refractivity contribution in [1.29, 1.82) is 0 Å². The number of amides is 2. The predicted octanol–water partition coefficient (Wildman–Crippen LogP) is 3.21. The van der Waals surface area contributed by atoms with Crippen LogP contribution in [-0.2, 0) is 6.42 Å². The summed E-state index contributed by atoms with van der Waals surface area (Å²) in [5.74, 6) is 0.209. The lowest BCUT2D eigenvalue weighted by Crippen LogP contribution is -2.43. The van der Waals surface area contributed by atoms with Crippen LogP contribution in [0.5, 0.6) is 0 Å². The van der Waals surface area contributed by atoms with Crippen molar-refractivity contribution in [3.63, 3.8) is 0 Å². The van der Waals surface area contributed by atoms with Crippen LogP contribution in [0.25, 0.3) is 10.9 Å².